The molecule has 0 aliphatic carbocycles. The number of nitrogens with one attached hydrogen (secondary N) is 1. The van der Waals surface area contributed by atoms with Gasteiger partial charge in [-0.15, -0.1) is 0 Å². The summed E-state index contributed by atoms with van der Waals surface area (Å²) in [7, 11) is 0. The molecule has 4 aliphatic rings. The monoisotopic (exact) mass is 1250 g/mol. The van der Waals surface area contributed by atoms with Gasteiger partial charge in [-0.3, -0.25) is 14.4 Å². The van der Waals surface area contributed by atoms with Crippen molar-refractivity contribution >= 4 is 46.6 Å². The molecule has 2 saturated heterocycles. The zero-order valence-corrected chi connectivity index (χ0v) is 45.3. The summed E-state index contributed by atoms with van der Waals surface area (Å²) in [6.07, 6.45) is 0.348. The number of carboxylic acids is 1. The summed E-state index contributed by atoms with van der Waals surface area (Å²) in [6, 6.07) is 30.2. The molecular formula is C56H54Cl2F2N4O11W. The number of Topliss-reactive ketones (excluding diaryl/α,β-unsaturated/α-hetero) is 2. The zero-order chi connectivity index (χ0) is 53.2. The van der Waals surface area contributed by atoms with Gasteiger partial charge in [0.15, 0.2) is 23.0 Å². The molecule has 1 unspecified atom stereocenters. The molecule has 6 N–H and O–H groups in total. The molecule has 0 spiro atoms. The van der Waals surface area contributed by atoms with Gasteiger partial charge in [0.25, 0.3) is 11.7 Å². The second kappa shape index (κ2) is 26.7. The predicted molar refractivity (Wildman–Crippen MR) is 277 cm³/mol. The zero-order valence-electron chi connectivity index (χ0n) is 40.8. The Kier molecular flexibility index (Phi) is 20.2. The first-order valence-electron chi connectivity index (χ1n) is 24.2. The van der Waals surface area contributed by atoms with Gasteiger partial charge in [0, 0.05) is 51.3 Å². The van der Waals surface area contributed by atoms with E-state index in [1.807, 2.05) is 0 Å². The molecule has 0 bridgehead atoms. The number of halogens is 4. The molecule has 15 nitrogen and oxygen atoms in total. The number of likely N-dealkylation sites (tertiary alicyclic amines) is 2. The Balaban J connectivity index is 0.000000182. The molecule has 4 heterocycles. The largest absolute Gasteiger partial charge is 0.486 e. The number of ether oxygens (including phenoxy) is 4. The van der Waals surface area contributed by atoms with E-state index in [0.717, 1.165) is 54.9 Å². The Morgan fingerprint density at radius 1 is 0.566 bits per heavy atom. The van der Waals surface area contributed by atoms with Crippen LogP contribution in [0, 0.1) is 11.6 Å². The van der Waals surface area contributed by atoms with Crippen molar-refractivity contribution in [2.24, 2.45) is 5.73 Å². The van der Waals surface area contributed by atoms with E-state index in [2.05, 4.69) is 15.1 Å². The maximum Gasteiger partial charge on any atom is 0.377 e. The Labute approximate surface area is 461 Å². The van der Waals surface area contributed by atoms with Crippen molar-refractivity contribution < 1.29 is 83.3 Å². The molecule has 0 saturated carbocycles. The topological polar surface area (TPSA) is 210 Å². The molecule has 6 aromatic carbocycles. The summed E-state index contributed by atoms with van der Waals surface area (Å²) >= 11 is 12.5. The number of carboxylic acid groups (broad SMARTS) is 1. The van der Waals surface area contributed by atoms with E-state index in [9.17, 15) is 38.2 Å². The number of aliphatic carboxylic acids is 1. The van der Waals surface area contributed by atoms with E-state index in [0.29, 0.717) is 83.7 Å². The van der Waals surface area contributed by atoms with Gasteiger partial charge < -0.3 is 55.1 Å². The van der Waals surface area contributed by atoms with Gasteiger partial charge in [0.1, 0.15) is 44.2 Å². The fraction of sp³-hybridized carbons (Fsp3) is 0.286. The van der Waals surface area contributed by atoms with Gasteiger partial charge in [-0.1, -0.05) is 96.0 Å². The van der Waals surface area contributed by atoms with Crippen LogP contribution in [0.25, 0.3) is 22.3 Å². The third-order valence-corrected chi connectivity index (χ3v) is 13.5. The van der Waals surface area contributed by atoms with Crippen molar-refractivity contribution in [3.05, 3.63) is 165 Å². The first-order valence-corrected chi connectivity index (χ1v) is 25.0. The van der Waals surface area contributed by atoms with Crippen LogP contribution >= 0.6 is 23.2 Å². The Morgan fingerprint density at radius 3 is 1.36 bits per heavy atom. The van der Waals surface area contributed by atoms with E-state index in [-0.39, 0.29) is 49.9 Å². The number of ketones is 2. The van der Waals surface area contributed by atoms with E-state index in [4.69, 9.17) is 53.0 Å². The van der Waals surface area contributed by atoms with Crippen molar-refractivity contribution in [1.29, 1.82) is 0 Å². The minimum Gasteiger partial charge on any atom is -0.486 e. The van der Waals surface area contributed by atoms with E-state index in [1.165, 1.54) is 42.8 Å². The standard InChI is InChI=1S/C28H26ClFN2O5.C14H19ClN2O3.C14H9FO3.W/c29-22-14-20(15-24-27(22)37-13-12-36-24)25(33)23(16-32-10-1-11-32)31-28(35)26(34)19-4-2-17(3-5-19)18-6-8-21(30)9-7-18;15-10-6-9(7-12-14(10)20-5-4-19-12)13(18)11(16)8-17-2-1-3-17;15-12-7-5-10(6-8-12)9-1-3-11(4-2-9)13(16)14(17)18;/h2-9,14-15,23,25,33H,1,10-13,16H2,(H,31,35);6-7,11,13,18H,1-5,8,16H2;1-8H,(H,17,18);/t23-,25-;11-,13?;;/m11../s1. The molecule has 1 amide bonds. The number of benzene rings is 6. The number of rotatable bonds is 15. The number of aliphatic hydroxyl groups excluding tert-OH is 2. The average molecular weight is 1250 g/mol. The number of carbonyl (C=O) groups excluding carboxylic acids is 3. The maximum absolute atomic E-state index is 13.2. The van der Waals surface area contributed by atoms with Crippen molar-refractivity contribution in [2.75, 3.05) is 65.7 Å². The smallest absolute Gasteiger partial charge is 0.377 e. The number of hydrogen-bond acceptors (Lipinski definition) is 13. The quantitative estimate of drug-likeness (QED) is 0.0488. The van der Waals surface area contributed by atoms with Crippen LogP contribution in [-0.2, 0) is 30.7 Å². The first-order chi connectivity index (χ1) is 36.1. The van der Waals surface area contributed by atoms with Crippen LogP contribution in [0.3, 0.4) is 0 Å². The Bertz CT molecular complexity index is 2990. The van der Waals surface area contributed by atoms with Gasteiger partial charge >= 0.3 is 5.97 Å². The molecule has 0 aromatic heterocycles. The van der Waals surface area contributed by atoms with Crippen LogP contribution in [0.2, 0.25) is 10.0 Å². The maximum atomic E-state index is 13.2. The van der Waals surface area contributed by atoms with E-state index < -0.39 is 41.7 Å². The fourth-order valence-corrected chi connectivity index (χ4v) is 9.06. The third-order valence-electron chi connectivity index (χ3n) is 12.9. The minimum atomic E-state index is -1.48. The van der Waals surface area contributed by atoms with Crippen LogP contribution in [-0.4, -0.2) is 126 Å². The van der Waals surface area contributed by atoms with Crippen LogP contribution < -0.4 is 30.0 Å². The predicted octanol–water partition coefficient (Wildman–Crippen LogP) is 7.96. The van der Waals surface area contributed by atoms with Crippen molar-refractivity contribution in [3.63, 3.8) is 0 Å². The summed E-state index contributed by atoms with van der Waals surface area (Å²) in [4.78, 5) is 51.9. The summed E-state index contributed by atoms with van der Waals surface area (Å²) < 4.78 is 48.1. The molecule has 6 aromatic rings. The molecule has 2 fully saturated rings. The van der Waals surface area contributed by atoms with Crippen LogP contribution in [0.4, 0.5) is 8.78 Å². The number of nitrogens with zero attached hydrogens (tertiary/aromatic N) is 2. The van der Waals surface area contributed by atoms with Crippen molar-refractivity contribution in [1.82, 2.24) is 15.1 Å². The van der Waals surface area contributed by atoms with Crippen LogP contribution in [0.15, 0.2) is 121 Å². The van der Waals surface area contributed by atoms with Gasteiger partial charge in [-0.2, -0.15) is 0 Å². The molecule has 10 rings (SSSR count). The number of aliphatic hydroxyl groups is 2. The third kappa shape index (κ3) is 14.6. The molecule has 4 atom stereocenters. The van der Waals surface area contributed by atoms with Gasteiger partial charge in [0.05, 0.1) is 22.2 Å². The van der Waals surface area contributed by atoms with Crippen LogP contribution in [0.1, 0.15) is 56.9 Å². The van der Waals surface area contributed by atoms with Gasteiger partial charge in [-0.05, 0) is 121 Å². The molecular weight excluding hydrogens is 1200 g/mol. The Hall–Kier alpha value is -6.27. The van der Waals surface area contributed by atoms with Gasteiger partial charge in [0.2, 0.25) is 5.78 Å². The summed E-state index contributed by atoms with van der Waals surface area (Å²) in [5, 5.41) is 33.6. The Morgan fingerprint density at radius 2 is 0.947 bits per heavy atom. The molecule has 0 radical (unpaired) electrons. The van der Waals surface area contributed by atoms with E-state index in [1.54, 1.807) is 84.9 Å². The number of nitrogens with two attached hydrogens (primary N) is 1. The summed E-state index contributed by atoms with van der Waals surface area (Å²) in [6.45, 7) is 6.60. The molecule has 20 heteroatoms. The molecule has 76 heavy (non-hydrogen) atoms. The van der Waals surface area contributed by atoms with Crippen molar-refractivity contribution in [2.45, 2.75) is 37.1 Å². The SMILES string of the molecule is N[C@H](CN1CCC1)C(O)c1cc(Cl)c2c(c1)OCCO2.O=C(N[C@H](CN1CCC1)[C@H](O)c1cc(Cl)c2c(c1)OCCO2)C(=O)c1ccc(-c2ccc(F)cc2)cc1.O=C(O)C(=O)c1ccc(-c2ccc(F)cc2)cc1.[W]. The minimum absolute atomic E-state index is 0. The normalized spacial score (nSPS) is 15.9. The number of carbonyl (C=O) groups is 4. The summed E-state index contributed by atoms with van der Waals surface area (Å²) in [5.74, 6) is -2.64. The summed E-state index contributed by atoms with van der Waals surface area (Å²) in [5.41, 5.74) is 10.7. The second-order valence-electron chi connectivity index (χ2n) is 18.1. The van der Waals surface area contributed by atoms with E-state index >= 15 is 0 Å². The number of hydrogen-bond donors (Lipinski definition) is 5. The second-order valence-corrected chi connectivity index (χ2v) is 18.9. The van der Waals surface area contributed by atoms with Crippen molar-refractivity contribution in [3.8, 4) is 45.3 Å². The fourth-order valence-electron chi connectivity index (χ4n) is 8.51. The first kappa shape index (κ1) is 57.4. The number of amides is 1. The average Bonchev–Trinajstić information content (AvgIpc) is 3.40. The van der Waals surface area contributed by atoms with Gasteiger partial charge in [-0.25, -0.2) is 13.6 Å². The number of fused-ring (bicyclic) bond motifs is 2. The van der Waals surface area contributed by atoms with Crippen LogP contribution in [0.5, 0.6) is 23.0 Å². The molecule has 4 aliphatic heterocycles. The molecule has 398 valence electrons.